The monoisotopic (exact) mass is 222 g/mol. The minimum Gasteiger partial charge on any atom is -0.496 e. The van der Waals surface area contributed by atoms with Crippen LogP contribution in [0.5, 0.6) is 5.75 Å². The summed E-state index contributed by atoms with van der Waals surface area (Å²) >= 11 is 0. The van der Waals surface area contributed by atoms with Crippen molar-refractivity contribution in [2.45, 2.75) is 12.8 Å². The maximum Gasteiger partial charge on any atom is 0.122 e. The van der Waals surface area contributed by atoms with Crippen molar-refractivity contribution < 1.29 is 4.74 Å². The van der Waals surface area contributed by atoms with Gasteiger partial charge in [-0.3, -0.25) is 0 Å². The first-order chi connectivity index (χ1) is 7.77. The summed E-state index contributed by atoms with van der Waals surface area (Å²) in [6.07, 6.45) is 2.08. The predicted molar refractivity (Wildman–Crippen MR) is 67.9 cm³/mol. The Balaban J connectivity index is 2.41. The zero-order valence-corrected chi connectivity index (χ0v) is 10.3. The Kier molecular flexibility index (Phi) is 5.90. The molecule has 0 amide bonds. The molecule has 0 saturated heterocycles. The van der Waals surface area contributed by atoms with Crippen molar-refractivity contribution in [3.63, 3.8) is 0 Å². The standard InChI is InChI=1S/C13H22N2O/c1-15(10-5-9-14)11-8-12-6-3-4-7-13(12)16-2/h3-4,6-7H,5,8-11,14H2,1-2H3. The average molecular weight is 222 g/mol. The summed E-state index contributed by atoms with van der Waals surface area (Å²) in [4.78, 5) is 2.30. The SMILES string of the molecule is COc1ccccc1CCN(C)CCCN. The van der Waals surface area contributed by atoms with Gasteiger partial charge in [0, 0.05) is 6.54 Å². The Morgan fingerprint density at radius 2 is 2.00 bits per heavy atom. The number of nitrogens with zero attached hydrogens (tertiary/aromatic N) is 1. The first kappa shape index (κ1) is 13.0. The molecule has 2 N–H and O–H groups in total. The number of hydrogen-bond donors (Lipinski definition) is 1. The number of methoxy groups -OCH3 is 1. The zero-order chi connectivity index (χ0) is 11.8. The Morgan fingerprint density at radius 3 is 2.69 bits per heavy atom. The van der Waals surface area contributed by atoms with E-state index in [1.165, 1.54) is 5.56 Å². The third-order valence-electron chi connectivity index (χ3n) is 2.70. The van der Waals surface area contributed by atoms with Crippen LogP contribution in [0.1, 0.15) is 12.0 Å². The van der Waals surface area contributed by atoms with Gasteiger partial charge in [-0.2, -0.15) is 0 Å². The highest BCUT2D eigenvalue weighted by atomic mass is 16.5. The number of rotatable bonds is 7. The molecule has 0 spiro atoms. The summed E-state index contributed by atoms with van der Waals surface area (Å²) < 4.78 is 5.32. The number of benzene rings is 1. The van der Waals surface area contributed by atoms with Gasteiger partial charge in [0.25, 0.3) is 0 Å². The topological polar surface area (TPSA) is 38.5 Å². The quantitative estimate of drug-likeness (QED) is 0.760. The minimum atomic E-state index is 0.763. The van der Waals surface area contributed by atoms with Gasteiger partial charge in [-0.15, -0.1) is 0 Å². The van der Waals surface area contributed by atoms with Gasteiger partial charge >= 0.3 is 0 Å². The van der Waals surface area contributed by atoms with Crippen LogP contribution in [0.25, 0.3) is 0 Å². The summed E-state index contributed by atoms with van der Waals surface area (Å²) in [6, 6.07) is 8.18. The van der Waals surface area contributed by atoms with Gasteiger partial charge in [0.15, 0.2) is 0 Å². The molecule has 1 rings (SSSR count). The molecule has 0 radical (unpaired) electrons. The van der Waals surface area contributed by atoms with Crippen molar-refractivity contribution >= 4 is 0 Å². The molecule has 0 heterocycles. The molecular formula is C13H22N2O. The van der Waals surface area contributed by atoms with Crippen molar-refractivity contribution in [2.24, 2.45) is 5.73 Å². The van der Waals surface area contributed by atoms with Crippen molar-refractivity contribution in [2.75, 3.05) is 33.8 Å². The largest absolute Gasteiger partial charge is 0.496 e. The van der Waals surface area contributed by atoms with Crippen LogP contribution in [-0.4, -0.2) is 38.7 Å². The molecule has 0 unspecified atom stereocenters. The fourth-order valence-electron chi connectivity index (χ4n) is 1.69. The van der Waals surface area contributed by atoms with Crippen molar-refractivity contribution in [1.82, 2.24) is 4.90 Å². The van der Waals surface area contributed by atoms with E-state index < -0.39 is 0 Å². The maximum absolute atomic E-state index is 5.48. The van der Waals surface area contributed by atoms with Gasteiger partial charge in [-0.25, -0.2) is 0 Å². The molecule has 0 aromatic heterocycles. The minimum absolute atomic E-state index is 0.763. The summed E-state index contributed by atoms with van der Waals surface area (Å²) in [5.41, 5.74) is 6.75. The van der Waals surface area contributed by atoms with E-state index in [1.807, 2.05) is 12.1 Å². The van der Waals surface area contributed by atoms with E-state index in [-0.39, 0.29) is 0 Å². The summed E-state index contributed by atoms with van der Waals surface area (Å²) in [7, 11) is 3.85. The predicted octanol–water partition coefficient (Wildman–Crippen LogP) is 1.52. The van der Waals surface area contributed by atoms with E-state index >= 15 is 0 Å². The highest BCUT2D eigenvalue weighted by Crippen LogP contribution is 2.17. The molecule has 3 heteroatoms. The van der Waals surface area contributed by atoms with E-state index in [2.05, 4.69) is 24.1 Å². The molecule has 0 aliphatic heterocycles. The normalized spacial score (nSPS) is 10.8. The molecule has 0 atom stereocenters. The highest BCUT2D eigenvalue weighted by molar-refractivity contribution is 5.33. The Morgan fingerprint density at radius 1 is 1.25 bits per heavy atom. The number of ether oxygens (including phenoxy) is 1. The Bertz CT molecular complexity index is 302. The van der Waals surface area contributed by atoms with Crippen LogP contribution < -0.4 is 10.5 Å². The number of para-hydroxylation sites is 1. The summed E-state index contributed by atoms with van der Waals surface area (Å²) in [5.74, 6) is 0.981. The lowest BCUT2D eigenvalue weighted by atomic mass is 10.1. The highest BCUT2D eigenvalue weighted by Gasteiger charge is 2.03. The lowest BCUT2D eigenvalue weighted by Crippen LogP contribution is -2.24. The Hall–Kier alpha value is -1.06. The maximum atomic E-state index is 5.48. The van der Waals surface area contributed by atoms with Gasteiger partial charge in [-0.1, -0.05) is 18.2 Å². The molecule has 16 heavy (non-hydrogen) atoms. The van der Waals surface area contributed by atoms with Crippen LogP contribution >= 0.6 is 0 Å². The van der Waals surface area contributed by atoms with E-state index in [4.69, 9.17) is 10.5 Å². The molecule has 1 aromatic carbocycles. The number of likely N-dealkylation sites (N-methyl/N-ethyl adjacent to an activating group) is 1. The average Bonchev–Trinajstić information content (AvgIpc) is 2.34. The summed E-state index contributed by atoms with van der Waals surface area (Å²) in [5, 5.41) is 0. The second-order valence-corrected chi connectivity index (χ2v) is 4.01. The molecule has 0 aliphatic carbocycles. The van der Waals surface area contributed by atoms with E-state index in [0.717, 1.165) is 38.2 Å². The van der Waals surface area contributed by atoms with Crippen LogP contribution in [0, 0.1) is 0 Å². The second kappa shape index (κ2) is 7.25. The van der Waals surface area contributed by atoms with Gasteiger partial charge in [0.2, 0.25) is 0 Å². The second-order valence-electron chi connectivity index (χ2n) is 4.01. The van der Waals surface area contributed by atoms with Crippen LogP contribution in [0.15, 0.2) is 24.3 Å². The van der Waals surface area contributed by atoms with Crippen molar-refractivity contribution in [3.8, 4) is 5.75 Å². The van der Waals surface area contributed by atoms with E-state index in [9.17, 15) is 0 Å². The lowest BCUT2D eigenvalue weighted by molar-refractivity contribution is 0.332. The van der Waals surface area contributed by atoms with Crippen LogP contribution in [-0.2, 0) is 6.42 Å². The first-order valence-electron chi connectivity index (χ1n) is 5.78. The van der Waals surface area contributed by atoms with E-state index in [0.29, 0.717) is 0 Å². The molecule has 0 bridgehead atoms. The van der Waals surface area contributed by atoms with Crippen molar-refractivity contribution in [1.29, 1.82) is 0 Å². The molecule has 0 aliphatic rings. The fourth-order valence-corrected chi connectivity index (χ4v) is 1.69. The zero-order valence-electron chi connectivity index (χ0n) is 10.3. The molecule has 90 valence electrons. The number of nitrogens with two attached hydrogens (primary N) is 1. The van der Waals surface area contributed by atoms with Crippen LogP contribution in [0.2, 0.25) is 0 Å². The first-order valence-corrected chi connectivity index (χ1v) is 5.78. The summed E-state index contributed by atoms with van der Waals surface area (Å²) in [6.45, 7) is 2.87. The molecule has 1 aromatic rings. The molecule has 0 fully saturated rings. The van der Waals surface area contributed by atoms with Gasteiger partial charge in [0.05, 0.1) is 7.11 Å². The van der Waals surface area contributed by atoms with Crippen LogP contribution in [0.3, 0.4) is 0 Å². The third-order valence-corrected chi connectivity index (χ3v) is 2.70. The van der Waals surface area contributed by atoms with Gasteiger partial charge < -0.3 is 15.4 Å². The van der Waals surface area contributed by atoms with Crippen molar-refractivity contribution in [3.05, 3.63) is 29.8 Å². The molecule has 3 nitrogen and oxygen atoms in total. The molecule has 0 saturated carbocycles. The fraction of sp³-hybridized carbons (Fsp3) is 0.538. The lowest BCUT2D eigenvalue weighted by Gasteiger charge is -2.16. The Labute approximate surface area is 98.2 Å². The third kappa shape index (κ3) is 4.21. The molecular weight excluding hydrogens is 200 g/mol. The van der Waals surface area contributed by atoms with Gasteiger partial charge in [0.1, 0.15) is 5.75 Å². The van der Waals surface area contributed by atoms with Gasteiger partial charge in [-0.05, 0) is 44.6 Å². The smallest absolute Gasteiger partial charge is 0.122 e. The van der Waals surface area contributed by atoms with Crippen LogP contribution in [0.4, 0.5) is 0 Å². The number of hydrogen-bond acceptors (Lipinski definition) is 3. The van der Waals surface area contributed by atoms with E-state index in [1.54, 1.807) is 7.11 Å².